The SMILES string of the molecule is Cc1ccc(C2(C)CN(c3nc4ccccc4c(=O)[nH]3)CC2N(C)C)cc1. The molecule has 140 valence electrons. The van der Waals surface area contributed by atoms with Crippen LogP contribution in [0.15, 0.2) is 53.3 Å². The molecule has 0 spiro atoms. The van der Waals surface area contributed by atoms with E-state index in [1.807, 2.05) is 24.3 Å². The van der Waals surface area contributed by atoms with Crippen LogP contribution in [0.1, 0.15) is 18.1 Å². The Morgan fingerprint density at radius 3 is 2.56 bits per heavy atom. The summed E-state index contributed by atoms with van der Waals surface area (Å²) in [5.74, 6) is 0.654. The van der Waals surface area contributed by atoms with Crippen LogP contribution in [0.5, 0.6) is 0 Å². The monoisotopic (exact) mass is 362 g/mol. The molecule has 3 aromatic rings. The first kappa shape index (κ1) is 17.7. The van der Waals surface area contributed by atoms with Crippen molar-refractivity contribution in [2.45, 2.75) is 25.3 Å². The van der Waals surface area contributed by atoms with Gasteiger partial charge in [-0.15, -0.1) is 0 Å². The van der Waals surface area contributed by atoms with Crippen LogP contribution < -0.4 is 10.5 Å². The molecule has 1 saturated heterocycles. The minimum atomic E-state index is -0.0825. The molecule has 27 heavy (non-hydrogen) atoms. The smallest absolute Gasteiger partial charge is 0.260 e. The van der Waals surface area contributed by atoms with E-state index in [1.165, 1.54) is 11.1 Å². The molecule has 0 saturated carbocycles. The Balaban J connectivity index is 1.76. The highest BCUT2D eigenvalue weighted by Gasteiger charge is 2.46. The Labute approximate surface area is 159 Å². The van der Waals surface area contributed by atoms with Crippen LogP contribution in [0.2, 0.25) is 0 Å². The van der Waals surface area contributed by atoms with Gasteiger partial charge in [0.05, 0.1) is 10.9 Å². The first-order valence-electron chi connectivity index (χ1n) is 9.36. The molecule has 2 unspecified atom stereocenters. The van der Waals surface area contributed by atoms with Crippen LogP contribution in [0.25, 0.3) is 10.9 Å². The summed E-state index contributed by atoms with van der Waals surface area (Å²) in [6.07, 6.45) is 0. The molecule has 1 N–H and O–H groups in total. The average molecular weight is 362 g/mol. The Morgan fingerprint density at radius 2 is 1.85 bits per heavy atom. The lowest BCUT2D eigenvalue weighted by atomic mass is 9.77. The number of nitrogens with zero attached hydrogens (tertiary/aromatic N) is 3. The number of aromatic amines is 1. The van der Waals surface area contributed by atoms with E-state index >= 15 is 0 Å². The number of hydrogen-bond acceptors (Lipinski definition) is 4. The number of likely N-dealkylation sites (N-methyl/N-ethyl adjacent to an activating group) is 1. The summed E-state index contributed by atoms with van der Waals surface area (Å²) in [6, 6.07) is 16.6. The van der Waals surface area contributed by atoms with Crippen molar-refractivity contribution in [3.63, 3.8) is 0 Å². The second-order valence-electron chi connectivity index (χ2n) is 8.05. The van der Waals surface area contributed by atoms with E-state index in [4.69, 9.17) is 4.98 Å². The number of rotatable bonds is 3. The van der Waals surface area contributed by atoms with Gasteiger partial charge in [0, 0.05) is 24.5 Å². The number of para-hydroxylation sites is 1. The molecule has 0 bridgehead atoms. The predicted octanol–water partition coefficient (Wildman–Crippen LogP) is 2.94. The van der Waals surface area contributed by atoms with Gasteiger partial charge in [-0.1, -0.05) is 48.9 Å². The number of aryl methyl sites for hydroxylation is 1. The minimum absolute atomic E-state index is 0.0542. The van der Waals surface area contributed by atoms with Gasteiger partial charge < -0.3 is 9.80 Å². The summed E-state index contributed by atoms with van der Waals surface area (Å²) < 4.78 is 0. The van der Waals surface area contributed by atoms with Crippen molar-refractivity contribution in [1.29, 1.82) is 0 Å². The lowest BCUT2D eigenvalue weighted by Gasteiger charge is -2.35. The van der Waals surface area contributed by atoms with Crippen molar-refractivity contribution < 1.29 is 0 Å². The fourth-order valence-electron chi connectivity index (χ4n) is 4.31. The molecule has 5 nitrogen and oxygen atoms in total. The number of hydrogen-bond donors (Lipinski definition) is 1. The topological polar surface area (TPSA) is 52.2 Å². The summed E-state index contributed by atoms with van der Waals surface area (Å²) in [5, 5.41) is 0.630. The molecule has 1 aromatic heterocycles. The average Bonchev–Trinajstić information content (AvgIpc) is 3.01. The van der Waals surface area contributed by atoms with E-state index < -0.39 is 0 Å². The van der Waals surface area contributed by atoms with Crippen molar-refractivity contribution in [3.8, 4) is 0 Å². The van der Waals surface area contributed by atoms with E-state index in [0.717, 1.165) is 18.6 Å². The highest BCUT2D eigenvalue weighted by Crippen LogP contribution is 2.38. The van der Waals surface area contributed by atoms with Crippen LogP contribution in [0.4, 0.5) is 5.95 Å². The molecule has 2 heterocycles. The molecule has 1 aliphatic rings. The normalized spacial score (nSPS) is 22.7. The number of aromatic nitrogens is 2. The van der Waals surface area contributed by atoms with Crippen molar-refractivity contribution in [2.24, 2.45) is 0 Å². The molecule has 0 radical (unpaired) electrons. The molecular formula is C22H26N4O. The second kappa shape index (κ2) is 6.50. The van der Waals surface area contributed by atoms with E-state index in [1.54, 1.807) is 0 Å². The van der Waals surface area contributed by atoms with Gasteiger partial charge >= 0.3 is 0 Å². The minimum Gasteiger partial charge on any atom is -0.340 e. The summed E-state index contributed by atoms with van der Waals surface area (Å²) >= 11 is 0. The molecular weight excluding hydrogens is 336 g/mol. The highest BCUT2D eigenvalue weighted by atomic mass is 16.1. The zero-order valence-corrected chi connectivity index (χ0v) is 16.4. The lowest BCUT2D eigenvalue weighted by molar-refractivity contribution is 0.234. The molecule has 4 rings (SSSR count). The number of H-pyrrole nitrogens is 1. The highest BCUT2D eigenvalue weighted by molar-refractivity contribution is 5.78. The van der Waals surface area contributed by atoms with E-state index in [-0.39, 0.29) is 11.0 Å². The third kappa shape index (κ3) is 3.02. The second-order valence-corrected chi connectivity index (χ2v) is 8.05. The molecule has 1 fully saturated rings. The van der Waals surface area contributed by atoms with Gasteiger partial charge in [0.2, 0.25) is 5.95 Å². The largest absolute Gasteiger partial charge is 0.340 e. The summed E-state index contributed by atoms with van der Waals surface area (Å²) in [7, 11) is 4.24. The zero-order chi connectivity index (χ0) is 19.2. The van der Waals surface area contributed by atoms with E-state index in [2.05, 4.69) is 67.0 Å². The van der Waals surface area contributed by atoms with Crippen LogP contribution >= 0.6 is 0 Å². The fourth-order valence-corrected chi connectivity index (χ4v) is 4.31. The van der Waals surface area contributed by atoms with Gasteiger partial charge in [-0.05, 0) is 38.7 Å². The maximum atomic E-state index is 12.5. The Kier molecular flexibility index (Phi) is 4.27. The first-order chi connectivity index (χ1) is 12.9. The summed E-state index contributed by atoms with van der Waals surface area (Å²) in [5.41, 5.74) is 3.18. The Bertz CT molecular complexity index is 1020. The zero-order valence-electron chi connectivity index (χ0n) is 16.4. The van der Waals surface area contributed by atoms with Crippen molar-refractivity contribution in [3.05, 3.63) is 70.0 Å². The standard InChI is InChI=1S/C22H26N4O/c1-15-9-11-16(12-10-15)22(2)14-26(13-19(22)25(3)4)21-23-18-8-6-5-7-17(18)20(27)24-21/h5-12,19H,13-14H2,1-4H3,(H,23,24,27). The maximum Gasteiger partial charge on any atom is 0.260 e. The van der Waals surface area contributed by atoms with Crippen molar-refractivity contribution >= 4 is 16.9 Å². The van der Waals surface area contributed by atoms with Gasteiger partial charge in [-0.2, -0.15) is 0 Å². The summed E-state index contributed by atoms with van der Waals surface area (Å²) in [4.78, 5) is 24.7. The van der Waals surface area contributed by atoms with Gasteiger partial charge in [-0.25, -0.2) is 4.98 Å². The van der Waals surface area contributed by atoms with E-state index in [0.29, 0.717) is 17.4 Å². The van der Waals surface area contributed by atoms with Gasteiger partial charge in [0.25, 0.3) is 5.56 Å². The van der Waals surface area contributed by atoms with Crippen LogP contribution in [-0.2, 0) is 5.41 Å². The number of fused-ring (bicyclic) bond motifs is 1. The quantitative estimate of drug-likeness (QED) is 0.778. The lowest BCUT2D eigenvalue weighted by Crippen LogP contribution is -2.44. The molecule has 1 aliphatic heterocycles. The predicted molar refractivity (Wildman–Crippen MR) is 111 cm³/mol. The van der Waals surface area contributed by atoms with Crippen molar-refractivity contribution in [2.75, 3.05) is 32.1 Å². The third-order valence-electron chi connectivity index (χ3n) is 5.88. The number of anilines is 1. The third-order valence-corrected chi connectivity index (χ3v) is 5.88. The number of nitrogens with one attached hydrogen (secondary N) is 1. The van der Waals surface area contributed by atoms with Gasteiger partial charge in [-0.3, -0.25) is 9.78 Å². The van der Waals surface area contributed by atoms with Crippen LogP contribution in [0.3, 0.4) is 0 Å². The maximum absolute atomic E-state index is 12.5. The van der Waals surface area contributed by atoms with Crippen LogP contribution in [0, 0.1) is 6.92 Å². The van der Waals surface area contributed by atoms with Crippen LogP contribution in [-0.4, -0.2) is 48.1 Å². The summed E-state index contributed by atoms with van der Waals surface area (Å²) in [6.45, 7) is 6.04. The fraction of sp³-hybridized carbons (Fsp3) is 0.364. The number of benzene rings is 2. The first-order valence-corrected chi connectivity index (χ1v) is 9.36. The molecule has 0 aliphatic carbocycles. The molecule has 0 amide bonds. The van der Waals surface area contributed by atoms with Gasteiger partial charge in [0.15, 0.2) is 0 Å². The Hall–Kier alpha value is -2.66. The molecule has 5 heteroatoms. The van der Waals surface area contributed by atoms with Crippen molar-refractivity contribution in [1.82, 2.24) is 14.9 Å². The van der Waals surface area contributed by atoms with Gasteiger partial charge in [0.1, 0.15) is 0 Å². The van der Waals surface area contributed by atoms with E-state index in [9.17, 15) is 4.79 Å². The Morgan fingerprint density at radius 1 is 1.15 bits per heavy atom. The molecule has 2 atom stereocenters. The molecule has 2 aromatic carbocycles.